The predicted molar refractivity (Wildman–Crippen MR) is 73.4 cm³/mol. The number of nitrogens with zero attached hydrogens (tertiary/aromatic N) is 1. The first kappa shape index (κ1) is 15.5. The maximum Gasteiger partial charge on any atom is 0.247 e. The van der Waals surface area contributed by atoms with Gasteiger partial charge in [-0.25, -0.2) is 8.42 Å². The van der Waals surface area contributed by atoms with Crippen molar-refractivity contribution in [1.82, 2.24) is 4.31 Å². The molecule has 1 rings (SSSR count). The highest BCUT2D eigenvalue weighted by Gasteiger charge is 2.26. The summed E-state index contributed by atoms with van der Waals surface area (Å²) in [5.74, 6) is 0.173. The van der Waals surface area contributed by atoms with Crippen LogP contribution in [0.1, 0.15) is 0 Å². The van der Waals surface area contributed by atoms with Gasteiger partial charge >= 0.3 is 0 Å². The van der Waals surface area contributed by atoms with E-state index in [1.54, 1.807) is 0 Å². The number of nitrogens with two attached hydrogens (primary N) is 1. The molecule has 0 aliphatic carbocycles. The number of aliphatic hydroxyl groups is 1. The monoisotopic (exact) mass is 286 g/mol. The fraction of sp³-hybridized carbons (Fsp3) is 0.333. The molecule has 0 saturated carbocycles. The van der Waals surface area contributed by atoms with Gasteiger partial charge in [0.25, 0.3) is 0 Å². The van der Waals surface area contributed by atoms with Gasteiger partial charge in [0, 0.05) is 24.8 Å². The number of ether oxygens (including phenoxy) is 1. The Hall–Kier alpha value is -1.57. The third-order valence-electron chi connectivity index (χ3n) is 2.49. The van der Waals surface area contributed by atoms with Crippen molar-refractivity contribution in [3.05, 3.63) is 30.9 Å². The molecular formula is C12H18N2O4S. The van der Waals surface area contributed by atoms with Crippen LogP contribution in [-0.2, 0) is 10.0 Å². The molecule has 0 spiro atoms. The van der Waals surface area contributed by atoms with Crippen molar-refractivity contribution in [2.24, 2.45) is 0 Å². The minimum atomic E-state index is -3.76. The first-order valence-corrected chi connectivity index (χ1v) is 7.06. The van der Waals surface area contributed by atoms with Crippen molar-refractivity contribution in [1.29, 1.82) is 0 Å². The highest BCUT2D eigenvalue weighted by molar-refractivity contribution is 7.89. The molecule has 0 amide bonds. The molecular weight excluding hydrogens is 268 g/mol. The lowest BCUT2D eigenvalue weighted by molar-refractivity contribution is 0.260. The molecule has 0 heterocycles. The van der Waals surface area contributed by atoms with E-state index >= 15 is 0 Å². The molecule has 1 aromatic rings. The number of sulfonamides is 1. The largest absolute Gasteiger partial charge is 0.495 e. The summed E-state index contributed by atoms with van der Waals surface area (Å²) in [5, 5.41) is 8.95. The zero-order valence-electron chi connectivity index (χ0n) is 10.7. The Kier molecular flexibility index (Phi) is 5.34. The fourth-order valence-corrected chi connectivity index (χ4v) is 3.14. The van der Waals surface area contributed by atoms with Gasteiger partial charge in [-0.2, -0.15) is 4.31 Å². The Morgan fingerprint density at radius 2 is 2.21 bits per heavy atom. The van der Waals surface area contributed by atoms with E-state index in [0.29, 0.717) is 5.69 Å². The summed E-state index contributed by atoms with van der Waals surface area (Å²) in [5.41, 5.74) is 6.01. The van der Waals surface area contributed by atoms with Gasteiger partial charge < -0.3 is 15.6 Å². The zero-order valence-corrected chi connectivity index (χ0v) is 11.6. The molecule has 1 aromatic carbocycles. The van der Waals surface area contributed by atoms with E-state index in [1.807, 2.05) is 0 Å². The summed E-state index contributed by atoms with van der Waals surface area (Å²) < 4.78 is 31.1. The maximum absolute atomic E-state index is 12.4. The molecule has 0 fully saturated rings. The molecule has 0 radical (unpaired) electrons. The molecule has 0 aliphatic heterocycles. The Bertz CT molecular complexity index is 543. The molecule has 19 heavy (non-hydrogen) atoms. The molecule has 106 valence electrons. The van der Waals surface area contributed by atoms with E-state index in [1.165, 1.54) is 31.4 Å². The fourth-order valence-electron chi connectivity index (χ4n) is 1.60. The van der Waals surface area contributed by atoms with Crippen LogP contribution >= 0.6 is 0 Å². The molecule has 7 heteroatoms. The van der Waals surface area contributed by atoms with E-state index in [9.17, 15) is 8.42 Å². The molecule has 6 nitrogen and oxygen atoms in total. The number of hydrogen-bond acceptors (Lipinski definition) is 5. The first-order chi connectivity index (χ1) is 8.97. The Labute approximate surface area is 113 Å². The summed E-state index contributed by atoms with van der Waals surface area (Å²) in [6.45, 7) is 3.33. The van der Waals surface area contributed by atoms with Crippen LogP contribution in [0.15, 0.2) is 35.7 Å². The summed E-state index contributed by atoms with van der Waals surface area (Å²) >= 11 is 0. The Morgan fingerprint density at radius 1 is 1.53 bits per heavy atom. The molecule has 0 aromatic heterocycles. The van der Waals surface area contributed by atoms with Gasteiger partial charge in [0.2, 0.25) is 10.0 Å². The molecule has 0 bridgehead atoms. The lowest BCUT2D eigenvalue weighted by atomic mass is 10.3. The van der Waals surface area contributed by atoms with Gasteiger partial charge in [-0.05, 0) is 12.1 Å². The number of benzene rings is 1. The minimum absolute atomic E-state index is 0.0120. The summed E-state index contributed by atoms with van der Waals surface area (Å²) in [7, 11) is -2.39. The second-order valence-electron chi connectivity index (χ2n) is 3.79. The van der Waals surface area contributed by atoms with Gasteiger partial charge in [0.15, 0.2) is 0 Å². The second kappa shape index (κ2) is 6.55. The summed E-state index contributed by atoms with van der Waals surface area (Å²) in [4.78, 5) is 0.0134. The van der Waals surface area contributed by atoms with Gasteiger partial charge in [0.05, 0.1) is 13.7 Å². The highest BCUT2D eigenvalue weighted by atomic mass is 32.2. The normalized spacial score (nSPS) is 11.5. The van der Waals surface area contributed by atoms with E-state index in [0.717, 1.165) is 4.31 Å². The van der Waals surface area contributed by atoms with Gasteiger partial charge in [0.1, 0.15) is 10.6 Å². The number of methoxy groups -OCH3 is 1. The van der Waals surface area contributed by atoms with Crippen molar-refractivity contribution in [2.45, 2.75) is 4.90 Å². The van der Waals surface area contributed by atoms with E-state index in [4.69, 9.17) is 15.6 Å². The third-order valence-corrected chi connectivity index (χ3v) is 4.39. The molecule has 0 saturated heterocycles. The standard InChI is InChI=1S/C12H18N2O4S/c1-3-6-14(7-8-15)19(16,17)12-5-4-10(13)9-11(12)18-2/h3-5,9,15H,1,6-8,13H2,2H3. The SMILES string of the molecule is C=CCN(CCO)S(=O)(=O)c1ccc(N)cc1OC. The van der Waals surface area contributed by atoms with Crippen molar-refractivity contribution < 1.29 is 18.3 Å². The van der Waals surface area contributed by atoms with E-state index < -0.39 is 10.0 Å². The third kappa shape index (κ3) is 3.46. The second-order valence-corrected chi connectivity index (χ2v) is 5.69. The number of rotatable bonds is 7. The molecule has 0 unspecified atom stereocenters. The first-order valence-electron chi connectivity index (χ1n) is 5.62. The van der Waals surface area contributed by atoms with Gasteiger partial charge in [-0.1, -0.05) is 6.08 Å². The number of hydrogen-bond donors (Lipinski definition) is 2. The molecule has 0 atom stereocenters. The minimum Gasteiger partial charge on any atom is -0.495 e. The van der Waals surface area contributed by atoms with Crippen molar-refractivity contribution in [2.75, 3.05) is 32.5 Å². The van der Waals surface area contributed by atoms with Crippen molar-refractivity contribution in [3.63, 3.8) is 0 Å². The molecule has 3 N–H and O–H groups in total. The Morgan fingerprint density at radius 3 is 2.74 bits per heavy atom. The average Bonchev–Trinajstić information content (AvgIpc) is 2.38. The van der Waals surface area contributed by atoms with Crippen LogP contribution in [-0.4, -0.2) is 44.6 Å². The lowest BCUT2D eigenvalue weighted by Gasteiger charge is -2.21. The van der Waals surface area contributed by atoms with Gasteiger partial charge in [-0.15, -0.1) is 6.58 Å². The Balaban J connectivity index is 3.28. The van der Waals surface area contributed by atoms with Crippen LogP contribution in [0.5, 0.6) is 5.75 Å². The highest BCUT2D eigenvalue weighted by Crippen LogP contribution is 2.28. The summed E-state index contributed by atoms with van der Waals surface area (Å²) in [6.07, 6.45) is 1.46. The number of aliphatic hydroxyl groups excluding tert-OH is 1. The topological polar surface area (TPSA) is 92.9 Å². The smallest absolute Gasteiger partial charge is 0.247 e. The average molecular weight is 286 g/mol. The maximum atomic E-state index is 12.4. The van der Waals surface area contributed by atoms with Crippen LogP contribution in [0.3, 0.4) is 0 Å². The van der Waals surface area contributed by atoms with Crippen LogP contribution < -0.4 is 10.5 Å². The van der Waals surface area contributed by atoms with Crippen LogP contribution in [0.4, 0.5) is 5.69 Å². The quantitative estimate of drug-likeness (QED) is 0.560. The van der Waals surface area contributed by atoms with Crippen LogP contribution in [0.2, 0.25) is 0 Å². The van der Waals surface area contributed by atoms with E-state index in [-0.39, 0.29) is 30.3 Å². The number of anilines is 1. The van der Waals surface area contributed by atoms with Crippen molar-refractivity contribution >= 4 is 15.7 Å². The van der Waals surface area contributed by atoms with Crippen LogP contribution in [0.25, 0.3) is 0 Å². The van der Waals surface area contributed by atoms with Crippen molar-refractivity contribution in [3.8, 4) is 5.75 Å². The van der Waals surface area contributed by atoms with Crippen LogP contribution in [0, 0.1) is 0 Å². The summed E-state index contributed by atoms with van der Waals surface area (Å²) in [6, 6.07) is 4.31. The predicted octanol–water partition coefficient (Wildman–Crippen LogP) is 0.446. The van der Waals surface area contributed by atoms with E-state index in [2.05, 4.69) is 6.58 Å². The lowest BCUT2D eigenvalue weighted by Crippen LogP contribution is -2.34. The zero-order chi connectivity index (χ0) is 14.5. The van der Waals surface area contributed by atoms with Gasteiger partial charge in [-0.3, -0.25) is 0 Å². The number of nitrogen functional groups attached to an aromatic ring is 1. The molecule has 0 aliphatic rings.